The molecule has 0 aliphatic carbocycles. The van der Waals surface area contributed by atoms with Crippen molar-refractivity contribution in [3.63, 3.8) is 0 Å². The number of hydrogen-bond acceptors (Lipinski definition) is 4. The van der Waals surface area contributed by atoms with Gasteiger partial charge in [0.2, 0.25) is 3.79 Å². The van der Waals surface area contributed by atoms with Gasteiger partial charge in [0.25, 0.3) is 0 Å². The summed E-state index contributed by atoms with van der Waals surface area (Å²) in [5, 5.41) is 3.06. The van der Waals surface area contributed by atoms with E-state index in [9.17, 15) is 0 Å². The van der Waals surface area contributed by atoms with Gasteiger partial charge < -0.3 is 10.1 Å². The van der Waals surface area contributed by atoms with Crippen LogP contribution < -0.4 is 10.1 Å². The lowest BCUT2D eigenvalue weighted by Gasteiger charge is -2.24. The Balaban J connectivity index is 2.30. The Labute approximate surface area is 126 Å². The molecule has 0 fully saturated rings. The Morgan fingerprint density at radius 1 is 1.16 bits per heavy atom. The summed E-state index contributed by atoms with van der Waals surface area (Å²) >= 11 is 17.5. The van der Waals surface area contributed by atoms with E-state index in [1.165, 1.54) is 0 Å². The number of rotatable bonds is 2. The number of nitrogens with zero attached hydrogens (tertiary/aromatic N) is 2. The van der Waals surface area contributed by atoms with Crippen LogP contribution in [0.4, 0.5) is 0 Å². The molecule has 1 N–H and O–H groups in total. The number of methoxy groups -OCH3 is 1. The van der Waals surface area contributed by atoms with Gasteiger partial charge in [-0.2, -0.15) is 0 Å². The van der Waals surface area contributed by atoms with Gasteiger partial charge in [0.15, 0.2) is 6.17 Å². The lowest BCUT2D eigenvalue weighted by atomic mass is 10.2. The number of alkyl halides is 3. The smallest absolute Gasteiger partial charge is 0.232 e. The van der Waals surface area contributed by atoms with Crippen LogP contribution >= 0.6 is 34.8 Å². The van der Waals surface area contributed by atoms with Crippen molar-refractivity contribution >= 4 is 46.5 Å². The molecule has 1 heterocycles. The van der Waals surface area contributed by atoms with Gasteiger partial charge in [0.1, 0.15) is 17.4 Å². The van der Waals surface area contributed by atoms with Crippen molar-refractivity contribution in [1.29, 1.82) is 0 Å². The zero-order chi connectivity index (χ0) is 14.0. The fourth-order valence-electron chi connectivity index (χ4n) is 1.61. The number of amidine groups is 2. The number of hydrogen-bond donors (Lipinski definition) is 1. The zero-order valence-electron chi connectivity index (χ0n) is 10.3. The van der Waals surface area contributed by atoms with Crippen LogP contribution in [0, 0.1) is 0 Å². The molecule has 102 valence electrons. The second-order valence-electron chi connectivity index (χ2n) is 3.96. The van der Waals surface area contributed by atoms with Gasteiger partial charge in [0, 0.05) is 5.56 Å². The molecular formula is C12H12Cl3N3O. The van der Waals surface area contributed by atoms with Gasteiger partial charge in [-0.15, -0.1) is 0 Å². The van der Waals surface area contributed by atoms with Gasteiger partial charge >= 0.3 is 0 Å². The van der Waals surface area contributed by atoms with Crippen LogP contribution in [0.1, 0.15) is 12.5 Å². The highest BCUT2D eigenvalue weighted by atomic mass is 35.6. The SMILES string of the molecule is COc1ccc(C2=NC(C(Cl)(Cl)Cl)N=C(C)N2)cc1. The van der Waals surface area contributed by atoms with Gasteiger partial charge in [-0.05, 0) is 31.2 Å². The van der Waals surface area contributed by atoms with E-state index in [-0.39, 0.29) is 0 Å². The van der Waals surface area contributed by atoms with Crippen LogP contribution in [-0.4, -0.2) is 28.7 Å². The fourth-order valence-corrected chi connectivity index (χ4v) is 1.91. The van der Waals surface area contributed by atoms with Gasteiger partial charge in [-0.1, -0.05) is 34.8 Å². The standard InChI is InChI=1S/C12H12Cl3N3O/c1-7-16-10(18-11(17-7)12(13,14)15)8-3-5-9(19-2)6-4-8/h3-6,11H,1-2H3,(H,16,17,18). The molecule has 4 nitrogen and oxygen atoms in total. The number of benzene rings is 1. The molecule has 1 unspecified atom stereocenters. The van der Waals surface area contributed by atoms with Crippen molar-refractivity contribution in [3.05, 3.63) is 29.8 Å². The molecular weight excluding hydrogens is 309 g/mol. The molecule has 1 atom stereocenters. The summed E-state index contributed by atoms with van der Waals surface area (Å²) < 4.78 is 3.54. The summed E-state index contributed by atoms with van der Waals surface area (Å²) in [7, 11) is 1.61. The summed E-state index contributed by atoms with van der Waals surface area (Å²) in [4.78, 5) is 8.47. The van der Waals surface area contributed by atoms with Crippen LogP contribution in [0.3, 0.4) is 0 Å². The molecule has 1 aliphatic heterocycles. The maximum absolute atomic E-state index is 5.85. The summed E-state index contributed by atoms with van der Waals surface area (Å²) in [6, 6.07) is 7.42. The summed E-state index contributed by atoms with van der Waals surface area (Å²) in [5.41, 5.74) is 0.870. The maximum Gasteiger partial charge on any atom is 0.232 e. The molecule has 1 aliphatic rings. The van der Waals surface area contributed by atoms with E-state index in [2.05, 4.69) is 15.3 Å². The van der Waals surface area contributed by atoms with E-state index in [0.717, 1.165) is 11.3 Å². The van der Waals surface area contributed by atoms with E-state index in [1.54, 1.807) is 14.0 Å². The summed E-state index contributed by atoms with van der Waals surface area (Å²) in [5.74, 6) is 2.03. The largest absolute Gasteiger partial charge is 0.497 e. The third kappa shape index (κ3) is 3.53. The van der Waals surface area contributed by atoms with E-state index >= 15 is 0 Å². The first-order chi connectivity index (χ1) is 8.90. The molecule has 1 aromatic carbocycles. The summed E-state index contributed by atoms with van der Waals surface area (Å²) in [6.45, 7) is 1.79. The predicted molar refractivity (Wildman–Crippen MR) is 79.9 cm³/mol. The van der Waals surface area contributed by atoms with Crippen molar-refractivity contribution in [3.8, 4) is 5.75 Å². The Bertz CT molecular complexity index is 520. The van der Waals surface area contributed by atoms with Crippen molar-refractivity contribution in [1.82, 2.24) is 5.32 Å². The maximum atomic E-state index is 5.85. The molecule has 19 heavy (non-hydrogen) atoms. The zero-order valence-corrected chi connectivity index (χ0v) is 12.6. The van der Waals surface area contributed by atoms with Crippen LogP contribution in [0.5, 0.6) is 5.75 Å². The van der Waals surface area contributed by atoms with Gasteiger partial charge in [0.05, 0.1) is 7.11 Å². The first-order valence-corrected chi connectivity index (χ1v) is 6.64. The number of halogens is 3. The average Bonchev–Trinajstić information content (AvgIpc) is 2.37. The molecule has 1 aromatic rings. The Morgan fingerprint density at radius 2 is 1.79 bits per heavy atom. The highest BCUT2D eigenvalue weighted by Gasteiger charge is 2.34. The molecule has 0 spiro atoms. The fraction of sp³-hybridized carbons (Fsp3) is 0.333. The third-order valence-corrected chi connectivity index (χ3v) is 3.11. The van der Waals surface area contributed by atoms with Crippen molar-refractivity contribution in [2.45, 2.75) is 16.9 Å². The Kier molecular flexibility index (Phi) is 4.23. The summed E-state index contributed by atoms with van der Waals surface area (Å²) in [6.07, 6.45) is -0.754. The molecule has 7 heteroatoms. The lowest BCUT2D eigenvalue weighted by Crippen LogP contribution is -2.39. The topological polar surface area (TPSA) is 46.0 Å². The van der Waals surface area contributed by atoms with Crippen LogP contribution in [0.2, 0.25) is 0 Å². The average molecular weight is 321 g/mol. The van der Waals surface area contributed by atoms with Crippen molar-refractivity contribution in [2.75, 3.05) is 7.11 Å². The Morgan fingerprint density at radius 3 is 2.32 bits per heavy atom. The van der Waals surface area contributed by atoms with E-state index in [1.807, 2.05) is 24.3 Å². The molecule has 2 rings (SSSR count). The molecule has 0 bridgehead atoms. The second kappa shape index (κ2) is 5.57. The molecule has 0 radical (unpaired) electrons. The highest BCUT2D eigenvalue weighted by molar-refractivity contribution is 6.68. The number of ether oxygens (including phenoxy) is 1. The normalized spacial score (nSPS) is 19.3. The molecule has 0 saturated heterocycles. The minimum absolute atomic E-state index is 0.617. The van der Waals surface area contributed by atoms with E-state index in [4.69, 9.17) is 39.5 Å². The molecule has 0 amide bonds. The van der Waals surface area contributed by atoms with E-state index < -0.39 is 9.96 Å². The first-order valence-electron chi connectivity index (χ1n) is 5.50. The lowest BCUT2D eigenvalue weighted by molar-refractivity contribution is 0.415. The molecule has 0 saturated carbocycles. The van der Waals surface area contributed by atoms with Crippen LogP contribution in [0.25, 0.3) is 0 Å². The van der Waals surface area contributed by atoms with Crippen LogP contribution in [0.15, 0.2) is 34.3 Å². The minimum Gasteiger partial charge on any atom is -0.497 e. The Hall–Kier alpha value is -0.970. The monoisotopic (exact) mass is 319 g/mol. The third-order valence-electron chi connectivity index (χ3n) is 2.52. The second-order valence-corrected chi connectivity index (χ2v) is 6.33. The number of aliphatic imine (C=N–C) groups is 2. The van der Waals surface area contributed by atoms with Crippen LogP contribution in [-0.2, 0) is 0 Å². The van der Waals surface area contributed by atoms with E-state index in [0.29, 0.717) is 11.7 Å². The number of nitrogens with one attached hydrogen (secondary N) is 1. The predicted octanol–water partition coefficient (Wildman–Crippen LogP) is 3.16. The van der Waals surface area contributed by atoms with Gasteiger partial charge in [-0.3, -0.25) is 0 Å². The quantitative estimate of drug-likeness (QED) is 0.851. The van der Waals surface area contributed by atoms with Gasteiger partial charge in [-0.25, -0.2) is 9.98 Å². The van der Waals surface area contributed by atoms with Crippen molar-refractivity contribution in [2.24, 2.45) is 9.98 Å². The first kappa shape index (κ1) is 14.4. The minimum atomic E-state index is -1.57. The highest BCUT2D eigenvalue weighted by Crippen LogP contribution is 2.34. The molecule has 0 aromatic heterocycles. The van der Waals surface area contributed by atoms with Crippen molar-refractivity contribution < 1.29 is 4.74 Å².